The maximum Gasteiger partial charge on any atom is 0.0234 e. The van der Waals surface area contributed by atoms with Crippen LogP contribution >= 0.6 is 0 Å². The summed E-state index contributed by atoms with van der Waals surface area (Å²) in [5, 5.41) is 0. The molecule has 1 aromatic carbocycles. The van der Waals surface area contributed by atoms with Gasteiger partial charge in [-0.2, -0.15) is 0 Å². The molecule has 1 saturated heterocycles. The summed E-state index contributed by atoms with van der Waals surface area (Å²) in [6.07, 6.45) is 0. The maximum atomic E-state index is 2.55. The largest absolute Gasteiger partial charge is 0.304 e. The highest BCUT2D eigenvalue weighted by Gasteiger charge is 2.15. The van der Waals surface area contributed by atoms with Crippen molar-refractivity contribution >= 4 is 0 Å². The van der Waals surface area contributed by atoms with Crippen molar-refractivity contribution in [3.8, 4) is 0 Å². The molecule has 1 aromatic rings. The predicted octanol–water partition coefficient (Wildman–Crippen LogP) is 3.76. The molecule has 1 heterocycles. The van der Waals surface area contributed by atoms with Crippen LogP contribution in [0.25, 0.3) is 0 Å². The summed E-state index contributed by atoms with van der Waals surface area (Å²) in [6, 6.07) is 9.15. The van der Waals surface area contributed by atoms with Crippen molar-refractivity contribution in [2.75, 3.05) is 33.2 Å². The second kappa shape index (κ2) is 7.80. The smallest absolute Gasteiger partial charge is 0.0234 e. The third kappa shape index (κ3) is 5.26. The van der Waals surface area contributed by atoms with Crippen molar-refractivity contribution in [1.82, 2.24) is 9.80 Å². The first-order valence-electron chi connectivity index (χ1n) is 7.95. The summed E-state index contributed by atoms with van der Waals surface area (Å²) in [5.41, 5.74) is 3.11. The molecule has 0 amide bonds. The molecular weight excluding hydrogens is 244 g/mol. The van der Waals surface area contributed by atoms with Gasteiger partial charge in [0, 0.05) is 32.7 Å². The lowest BCUT2D eigenvalue weighted by Gasteiger charge is -2.32. The van der Waals surface area contributed by atoms with Crippen molar-refractivity contribution < 1.29 is 0 Å². The van der Waals surface area contributed by atoms with Crippen molar-refractivity contribution in [1.29, 1.82) is 0 Å². The van der Waals surface area contributed by atoms with Crippen LogP contribution in [0.2, 0.25) is 0 Å². The van der Waals surface area contributed by atoms with E-state index < -0.39 is 0 Å². The number of piperazine rings is 1. The zero-order valence-electron chi connectivity index (χ0n) is 14.2. The lowest BCUT2D eigenvalue weighted by molar-refractivity contribution is 0.148. The molecule has 20 heavy (non-hydrogen) atoms. The van der Waals surface area contributed by atoms with Crippen LogP contribution in [-0.2, 0) is 12.0 Å². The molecule has 1 aliphatic rings. The number of benzene rings is 1. The standard InChI is InChI=1S/C16H26N2.C2H6/c1-16(2,3)15-7-5-14(6-8-15)13-18-11-9-17(4)10-12-18;1-2/h5-8H,9-13H2,1-4H3;1-2H3. The minimum Gasteiger partial charge on any atom is -0.304 e. The van der Waals surface area contributed by atoms with Gasteiger partial charge in [0.15, 0.2) is 0 Å². The van der Waals surface area contributed by atoms with E-state index in [1.165, 1.54) is 37.3 Å². The predicted molar refractivity (Wildman–Crippen MR) is 89.3 cm³/mol. The third-order valence-electron chi connectivity index (χ3n) is 3.82. The highest BCUT2D eigenvalue weighted by Crippen LogP contribution is 2.22. The Balaban J connectivity index is 0.000000956. The first-order chi connectivity index (χ1) is 9.45. The Kier molecular flexibility index (Phi) is 6.70. The molecule has 0 bridgehead atoms. The number of nitrogens with zero attached hydrogens (tertiary/aromatic N) is 2. The molecule has 0 aromatic heterocycles. The van der Waals surface area contributed by atoms with Crippen molar-refractivity contribution in [3.63, 3.8) is 0 Å². The number of hydrogen-bond acceptors (Lipinski definition) is 2. The Morgan fingerprint density at radius 1 is 0.900 bits per heavy atom. The van der Waals surface area contributed by atoms with Crippen LogP contribution < -0.4 is 0 Å². The van der Waals surface area contributed by atoms with E-state index in [1.54, 1.807) is 0 Å². The molecule has 0 N–H and O–H groups in total. The van der Waals surface area contributed by atoms with Crippen molar-refractivity contribution in [2.24, 2.45) is 0 Å². The summed E-state index contributed by atoms with van der Waals surface area (Å²) < 4.78 is 0. The van der Waals surface area contributed by atoms with E-state index in [0.29, 0.717) is 0 Å². The first kappa shape index (κ1) is 17.2. The maximum absolute atomic E-state index is 2.55. The van der Waals surface area contributed by atoms with Gasteiger partial charge in [0.2, 0.25) is 0 Å². The topological polar surface area (TPSA) is 6.48 Å². The lowest BCUT2D eigenvalue weighted by Crippen LogP contribution is -2.43. The molecule has 0 unspecified atom stereocenters. The summed E-state index contributed by atoms with van der Waals surface area (Å²) >= 11 is 0. The van der Waals surface area contributed by atoms with Gasteiger partial charge in [0.05, 0.1) is 0 Å². The minimum atomic E-state index is 0.256. The van der Waals surface area contributed by atoms with Crippen molar-refractivity contribution in [3.05, 3.63) is 35.4 Å². The zero-order valence-corrected chi connectivity index (χ0v) is 14.2. The van der Waals surface area contributed by atoms with E-state index in [2.05, 4.69) is 61.9 Å². The molecule has 1 aliphatic heterocycles. The van der Waals surface area contributed by atoms with E-state index >= 15 is 0 Å². The van der Waals surface area contributed by atoms with Crippen molar-refractivity contribution in [2.45, 2.75) is 46.6 Å². The normalized spacial score (nSPS) is 17.5. The van der Waals surface area contributed by atoms with E-state index in [0.717, 1.165) is 6.54 Å². The van der Waals surface area contributed by atoms with Crippen LogP contribution in [-0.4, -0.2) is 43.0 Å². The van der Waals surface area contributed by atoms with Gasteiger partial charge in [-0.05, 0) is 23.6 Å². The van der Waals surface area contributed by atoms with Crippen LogP contribution in [0.4, 0.5) is 0 Å². The second-order valence-corrected chi connectivity index (χ2v) is 6.53. The second-order valence-electron chi connectivity index (χ2n) is 6.53. The van der Waals surface area contributed by atoms with Gasteiger partial charge < -0.3 is 4.90 Å². The number of rotatable bonds is 2. The zero-order chi connectivity index (χ0) is 15.2. The van der Waals surface area contributed by atoms with Crippen LogP contribution in [0.1, 0.15) is 45.7 Å². The van der Waals surface area contributed by atoms with Gasteiger partial charge in [-0.3, -0.25) is 4.90 Å². The van der Waals surface area contributed by atoms with Crippen LogP contribution in [0.15, 0.2) is 24.3 Å². The number of likely N-dealkylation sites (N-methyl/N-ethyl adjacent to an activating group) is 1. The molecule has 0 radical (unpaired) electrons. The fourth-order valence-corrected chi connectivity index (χ4v) is 2.37. The van der Waals surface area contributed by atoms with E-state index in [9.17, 15) is 0 Å². The molecule has 1 fully saturated rings. The van der Waals surface area contributed by atoms with Crippen LogP contribution in [0.3, 0.4) is 0 Å². The molecule has 0 atom stereocenters. The Labute approximate surface area is 125 Å². The summed E-state index contributed by atoms with van der Waals surface area (Å²) in [5.74, 6) is 0. The molecule has 2 nitrogen and oxygen atoms in total. The monoisotopic (exact) mass is 276 g/mol. The SMILES string of the molecule is CC.CN1CCN(Cc2ccc(C(C)(C)C)cc2)CC1. The highest BCUT2D eigenvalue weighted by atomic mass is 15.2. The van der Waals surface area contributed by atoms with Gasteiger partial charge in [0.1, 0.15) is 0 Å². The van der Waals surface area contributed by atoms with Gasteiger partial charge in [-0.1, -0.05) is 58.9 Å². The fourth-order valence-electron chi connectivity index (χ4n) is 2.37. The third-order valence-corrected chi connectivity index (χ3v) is 3.82. The number of hydrogen-bond donors (Lipinski definition) is 0. The average Bonchev–Trinajstić information content (AvgIpc) is 2.43. The Hall–Kier alpha value is -0.860. The lowest BCUT2D eigenvalue weighted by atomic mass is 9.87. The van der Waals surface area contributed by atoms with Gasteiger partial charge in [0.25, 0.3) is 0 Å². The Bertz CT molecular complexity index is 367. The molecular formula is C18H32N2. The van der Waals surface area contributed by atoms with Gasteiger partial charge in [-0.15, -0.1) is 0 Å². The molecule has 0 saturated carbocycles. The molecule has 2 rings (SSSR count). The summed E-state index contributed by atoms with van der Waals surface area (Å²) in [6.45, 7) is 16.7. The molecule has 114 valence electrons. The average molecular weight is 276 g/mol. The highest BCUT2D eigenvalue weighted by molar-refractivity contribution is 5.27. The Morgan fingerprint density at radius 3 is 1.85 bits per heavy atom. The Morgan fingerprint density at radius 2 is 1.40 bits per heavy atom. The molecule has 0 spiro atoms. The van der Waals surface area contributed by atoms with Gasteiger partial charge >= 0.3 is 0 Å². The summed E-state index contributed by atoms with van der Waals surface area (Å²) in [7, 11) is 2.20. The molecule has 0 aliphatic carbocycles. The quantitative estimate of drug-likeness (QED) is 0.811. The minimum absolute atomic E-state index is 0.256. The van der Waals surface area contributed by atoms with Crippen LogP contribution in [0.5, 0.6) is 0 Å². The fraction of sp³-hybridized carbons (Fsp3) is 0.667. The summed E-state index contributed by atoms with van der Waals surface area (Å²) in [4.78, 5) is 4.95. The van der Waals surface area contributed by atoms with Gasteiger partial charge in [-0.25, -0.2) is 0 Å². The first-order valence-corrected chi connectivity index (χ1v) is 7.95. The van der Waals surface area contributed by atoms with Crippen LogP contribution in [0, 0.1) is 0 Å². The van der Waals surface area contributed by atoms with E-state index in [1.807, 2.05) is 13.8 Å². The molecule has 2 heteroatoms. The van der Waals surface area contributed by atoms with E-state index in [-0.39, 0.29) is 5.41 Å². The van der Waals surface area contributed by atoms with E-state index in [4.69, 9.17) is 0 Å².